The lowest BCUT2D eigenvalue weighted by Gasteiger charge is -2.17. The third kappa shape index (κ3) is 5.48. The molecule has 2 aromatic rings. The highest BCUT2D eigenvalue weighted by Crippen LogP contribution is 2.13. The highest BCUT2D eigenvalue weighted by atomic mass is 16.5. The van der Waals surface area contributed by atoms with Crippen molar-refractivity contribution in [3.05, 3.63) is 60.2 Å². The Kier molecular flexibility index (Phi) is 6.10. The summed E-state index contributed by atoms with van der Waals surface area (Å²) < 4.78 is 11.1. The topological polar surface area (TPSA) is 21.7 Å². The Morgan fingerprint density at radius 3 is 2.19 bits per heavy atom. The van der Waals surface area contributed by atoms with Crippen LogP contribution in [0.2, 0.25) is 0 Å². The molecule has 0 radical (unpaired) electrons. The molecule has 2 rings (SSSR count). The van der Waals surface area contributed by atoms with E-state index in [2.05, 4.69) is 24.1 Å². The number of para-hydroxylation sites is 1. The molecular weight excluding hydrogens is 262 g/mol. The maximum Gasteiger partial charge on any atom is 0.119 e. The predicted octanol–water partition coefficient (Wildman–Crippen LogP) is 3.60. The third-order valence-electron chi connectivity index (χ3n) is 3.17. The van der Waals surface area contributed by atoms with Crippen molar-refractivity contribution >= 4 is 0 Å². The summed E-state index contributed by atoms with van der Waals surface area (Å²) in [5, 5.41) is 0. The maximum atomic E-state index is 5.70. The van der Waals surface area contributed by atoms with Gasteiger partial charge in [-0.2, -0.15) is 0 Å². The monoisotopic (exact) mass is 285 g/mol. The lowest BCUT2D eigenvalue weighted by atomic mass is 10.2. The van der Waals surface area contributed by atoms with Crippen molar-refractivity contribution in [2.75, 3.05) is 26.8 Å². The fourth-order valence-corrected chi connectivity index (χ4v) is 2.08. The molecular formula is C18H23NO2. The molecule has 0 aromatic heterocycles. The lowest BCUT2D eigenvalue weighted by molar-refractivity contribution is 0.233. The molecule has 3 heteroatoms. The second kappa shape index (κ2) is 8.32. The summed E-state index contributed by atoms with van der Waals surface area (Å²) in [5.41, 5.74) is 1.28. The average Bonchev–Trinajstić information content (AvgIpc) is 2.51. The summed E-state index contributed by atoms with van der Waals surface area (Å²) in [6.07, 6.45) is 0. The van der Waals surface area contributed by atoms with E-state index in [0.717, 1.165) is 24.6 Å². The average molecular weight is 285 g/mol. The van der Waals surface area contributed by atoms with E-state index in [1.54, 1.807) is 0 Å². The highest BCUT2D eigenvalue weighted by Gasteiger charge is 2.01. The minimum Gasteiger partial charge on any atom is -0.494 e. The van der Waals surface area contributed by atoms with Crippen molar-refractivity contribution in [2.45, 2.75) is 13.5 Å². The van der Waals surface area contributed by atoms with Gasteiger partial charge in [-0.25, -0.2) is 0 Å². The molecule has 0 aliphatic heterocycles. The standard InChI is InChI=1S/C18H23NO2/c1-3-20-18-11-9-16(10-12-18)15-19(2)13-14-21-17-7-5-4-6-8-17/h4-12H,3,13-15H2,1-2H3. The van der Waals surface area contributed by atoms with Gasteiger partial charge in [-0.05, 0) is 43.8 Å². The number of rotatable bonds is 8. The number of hydrogen-bond acceptors (Lipinski definition) is 3. The van der Waals surface area contributed by atoms with Crippen LogP contribution >= 0.6 is 0 Å². The van der Waals surface area contributed by atoms with Gasteiger partial charge in [0.2, 0.25) is 0 Å². The molecule has 2 aromatic carbocycles. The Labute approximate surface area is 127 Å². The predicted molar refractivity (Wildman–Crippen MR) is 85.9 cm³/mol. The van der Waals surface area contributed by atoms with Gasteiger partial charge < -0.3 is 9.47 Å². The first-order valence-electron chi connectivity index (χ1n) is 7.36. The van der Waals surface area contributed by atoms with Crippen LogP contribution in [0.3, 0.4) is 0 Å². The van der Waals surface area contributed by atoms with Crippen molar-refractivity contribution in [2.24, 2.45) is 0 Å². The van der Waals surface area contributed by atoms with Crippen molar-refractivity contribution < 1.29 is 9.47 Å². The molecule has 0 fully saturated rings. The number of nitrogens with zero attached hydrogens (tertiary/aromatic N) is 1. The summed E-state index contributed by atoms with van der Waals surface area (Å²) in [6, 6.07) is 18.2. The van der Waals surface area contributed by atoms with Gasteiger partial charge in [0.05, 0.1) is 6.61 Å². The fraction of sp³-hybridized carbons (Fsp3) is 0.333. The zero-order valence-electron chi connectivity index (χ0n) is 12.8. The quantitative estimate of drug-likeness (QED) is 0.740. The highest BCUT2D eigenvalue weighted by molar-refractivity contribution is 5.27. The van der Waals surface area contributed by atoms with Gasteiger partial charge in [0.25, 0.3) is 0 Å². The van der Waals surface area contributed by atoms with E-state index < -0.39 is 0 Å². The van der Waals surface area contributed by atoms with E-state index in [4.69, 9.17) is 9.47 Å². The first kappa shape index (κ1) is 15.4. The summed E-state index contributed by atoms with van der Waals surface area (Å²) in [4.78, 5) is 2.25. The smallest absolute Gasteiger partial charge is 0.119 e. The zero-order chi connectivity index (χ0) is 14.9. The number of likely N-dealkylation sites (N-methyl/N-ethyl adjacent to an activating group) is 1. The molecule has 0 atom stereocenters. The van der Waals surface area contributed by atoms with Crippen LogP contribution in [0.5, 0.6) is 11.5 Å². The van der Waals surface area contributed by atoms with Crippen molar-refractivity contribution in [1.29, 1.82) is 0 Å². The Morgan fingerprint density at radius 1 is 0.857 bits per heavy atom. The minimum atomic E-state index is 0.692. The second-order valence-electron chi connectivity index (χ2n) is 4.98. The van der Waals surface area contributed by atoms with Crippen molar-refractivity contribution in [3.63, 3.8) is 0 Å². The molecule has 0 N–H and O–H groups in total. The van der Waals surface area contributed by atoms with E-state index in [1.165, 1.54) is 5.56 Å². The summed E-state index contributed by atoms with van der Waals surface area (Å²) in [5.74, 6) is 1.85. The molecule has 0 spiro atoms. The molecule has 0 saturated carbocycles. The van der Waals surface area contributed by atoms with Gasteiger partial charge in [0.1, 0.15) is 18.1 Å². The van der Waals surface area contributed by atoms with Crippen LogP contribution in [0.4, 0.5) is 0 Å². The molecule has 0 aliphatic carbocycles. The Balaban J connectivity index is 1.72. The maximum absolute atomic E-state index is 5.70. The molecule has 3 nitrogen and oxygen atoms in total. The van der Waals surface area contributed by atoms with Crippen molar-refractivity contribution in [3.8, 4) is 11.5 Å². The Hall–Kier alpha value is -2.00. The van der Waals surface area contributed by atoms with Crippen LogP contribution < -0.4 is 9.47 Å². The van der Waals surface area contributed by atoms with Crippen LogP contribution in [-0.2, 0) is 6.54 Å². The van der Waals surface area contributed by atoms with Gasteiger partial charge in [-0.3, -0.25) is 4.90 Å². The number of benzene rings is 2. The van der Waals surface area contributed by atoms with Crippen LogP contribution in [0.15, 0.2) is 54.6 Å². The lowest BCUT2D eigenvalue weighted by Crippen LogP contribution is -2.23. The van der Waals surface area contributed by atoms with E-state index in [0.29, 0.717) is 13.2 Å². The van der Waals surface area contributed by atoms with E-state index in [-0.39, 0.29) is 0 Å². The first-order valence-corrected chi connectivity index (χ1v) is 7.36. The Morgan fingerprint density at radius 2 is 1.52 bits per heavy atom. The summed E-state index contributed by atoms with van der Waals surface area (Å²) in [7, 11) is 2.10. The molecule has 0 aliphatic rings. The summed E-state index contributed by atoms with van der Waals surface area (Å²) in [6.45, 7) is 5.19. The van der Waals surface area contributed by atoms with Crippen molar-refractivity contribution in [1.82, 2.24) is 4.90 Å². The zero-order valence-corrected chi connectivity index (χ0v) is 12.8. The van der Waals surface area contributed by atoms with E-state index >= 15 is 0 Å². The minimum absolute atomic E-state index is 0.692. The van der Waals surface area contributed by atoms with Gasteiger partial charge in [-0.1, -0.05) is 30.3 Å². The largest absolute Gasteiger partial charge is 0.494 e. The second-order valence-corrected chi connectivity index (χ2v) is 4.98. The van der Waals surface area contributed by atoms with Gasteiger partial charge >= 0.3 is 0 Å². The van der Waals surface area contributed by atoms with E-state index in [9.17, 15) is 0 Å². The third-order valence-corrected chi connectivity index (χ3v) is 3.17. The van der Waals surface area contributed by atoms with E-state index in [1.807, 2.05) is 49.4 Å². The molecule has 0 amide bonds. The Bertz CT molecular complexity index is 511. The van der Waals surface area contributed by atoms with Gasteiger partial charge in [0, 0.05) is 13.1 Å². The fourth-order valence-electron chi connectivity index (χ4n) is 2.08. The van der Waals surface area contributed by atoms with Crippen LogP contribution in [0, 0.1) is 0 Å². The molecule has 0 bridgehead atoms. The van der Waals surface area contributed by atoms with Gasteiger partial charge in [0.15, 0.2) is 0 Å². The van der Waals surface area contributed by atoms with Gasteiger partial charge in [-0.15, -0.1) is 0 Å². The summed E-state index contributed by atoms with van der Waals surface area (Å²) >= 11 is 0. The number of ether oxygens (including phenoxy) is 2. The molecule has 21 heavy (non-hydrogen) atoms. The molecule has 0 saturated heterocycles. The number of hydrogen-bond donors (Lipinski definition) is 0. The molecule has 0 unspecified atom stereocenters. The molecule has 0 heterocycles. The normalized spacial score (nSPS) is 10.6. The van der Waals surface area contributed by atoms with Crippen LogP contribution in [0.1, 0.15) is 12.5 Å². The molecule has 112 valence electrons. The first-order chi connectivity index (χ1) is 10.3. The van der Waals surface area contributed by atoms with Crippen LogP contribution in [-0.4, -0.2) is 31.7 Å². The SMILES string of the molecule is CCOc1ccc(CN(C)CCOc2ccccc2)cc1. The van der Waals surface area contributed by atoms with Crippen LogP contribution in [0.25, 0.3) is 0 Å².